The molecule has 92 valence electrons. The van der Waals surface area contributed by atoms with E-state index >= 15 is 0 Å². The Morgan fingerprint density at radius 3 is 2.71 bits per heavy atom. The van der Waals surface area contributed by atoms with Gasteiger partial charge in [-0.3, -0.25) is 0 Å². The molecule has 0 saturated heterocycles. The minimum absolute atomic E-state index is 0.225. The zero-order chi connectivity index (χ0) is 12.5. The van der Waals surface area contributed by atoms with Gasteiger partial charge in [0, 0.05) is 17.5 Å². The summed E-state index contributed by atoms with van der Waals surface area (Å²) in [5, 5.41) is 4.41. The van der Waals surface area contributed by atoms with Gasteiger partial charge in [-0.1, -0.05) is 26.8 Å². The van der Waals surface area contributed by atoms with E-state index in [2.05, 4.69) is 44.3 Å². The third kappa shape index (κ3) is 2.22. The molecule has 0 amide bonds. The molecule has 2 nitrogen and oxygen atoms in total. The van der Waals surface area contributed by atoms with Crippen molar-refractivity contribution in [2.75, 3.05) is 7.05 Å². The molecule has 17 heavy (non-hydrogen) atoms. The van der Waals surface area contributed by atoms with Crippen molar-refractivity contribution in [2.45, 2.75) is 39.2 Å². The average molecular weight is 231 g/mol. The Morgan fingerprint density at radius 1 is 1.29 bits per heavy atom. The van der Waals surface area contributed by atoms with Gasteiger partial charge in [0.15, 0.2) is 0 Å². The molecule has 0 saturated carbocycles. The summed E-state index contributed by atoms with van der Waals surface area (Å²) >= 11 is 0. The molecule has 1 aromatic heterocycles. The topological polar surface area (TPSA) is 25.2 Å². The third-order valence-corrected chi connectivity index (χ3v) is 3.69. The molecule has 0 aliphatic carbocycles. The highest BCUT2D eigenvalue weighted by Gasteiger charge is 2.19. The van der Waals surface area contributed by atoms with Crippen LogP contribution < -0.4 is 5.32 Å². The molecule has 0 unspecified atom stereocenters. The average Bonchev–Trinajstić information content (AvgIpc) is 2.72. The van der Waals surface area contributed by atoms with Gasteiger partial charge in [0.25, 0.3) is 0 Å². The van der Waals surface area contributed by atoms with Gasteiger partial charge >= 0.3 is 0 Å². The van der Waals surface area contributed by atoms with Crippen LogP contribution in [-0.4, -0.2) is 7.05 Å². The van der Waals surface area contributed by atoms with Crippen LogP contribution in [-0.2, 0) is 12.0 Å². The van der Waals surface area contributed by atoms with E-state index < -0.39 is 0 Å². The van der Waals surface area contributed by atoms with Gasteiger partial charge in [0.2, 0.25) is 0 Å². The molecule has 0 aliphatic heterocycles. The molecular formula is C15H21NO. The van der Waals surface area contributed by atoms with Crippen LogP contribution in [0.2, 0.25) is 0 Å². The number of furan rings is 1. The van der Waals surface area contributed by atoms with Crippen molar-refractivity contribution in [2.24, 2.45) is 0 Å². The molecule has 0 aliphatic rings. The van der Waals surface area contributed by atoms with E-state index in [0.717, 1.165) is 18.5 Å². The van der Waals surface area contributed by atoms with E-state index in [1.54, 1.807) is 0 Å². The SMILES string of the molecule is CCC(C)(C)c1ccc2occ(CNC)c2c1. The number of hydrogen-bond donors (Lipinski definition) is 1. The summed E-state index contributed by atoms with van der Waals surface area (Å²) < 4.78 is 5.56. The number of rotatable bonds is 4. The van der Waals surface area contributed by atoms with Gasteiger partial charge in [-0.25, -0.2) is 0 Å². The smallest absolute Gasteiger partial charge is 0.134 e. The number of hydrogen-bond acceptors (Lipinski definition) is 2. The molecule has 0 spiro atoms. The fraction of sp³-hybridized carbons (Fsp3) is 0.467. The van der Waals surface area contributed by atoms with Crippen molar-refractivity contribution in [3.8, 4) is 0 Å². The van der Waals surface area contributed by atoms with Crippen LogP contribution in [0, 0.1) is 0 Å². The van der Waals surface area contributed by atoms with Gasteiger partial charge in [0.1, 0.15) is 5.58 Å². The minimum atomic E-state index is 0.225. The van der Waals surface area contributed by atoms with E-state index in [1.165, 1.54) is 16.5 Å². The number of nitrogens with one attached hydrogen (secondary N) is 1. The lowest BCUT2D eigenvalue weighted by Gasteiger charge is -2.23. The summed E-state index contributed by atoms with van der Waals surface area (Å²) in [4.78, 5) is 0. The minimum Gasteiger partial charge on any atom is -0.464 e. The second-order valence-electron chi connectivity index (χ2n) is 5.24. The molecular weight excluding hydrogens is 210 g/mol. The Labute approximate surface area is 103 Å². The van der Waals surface area contributed by atoms with Gasteiger partial charge in [-0.2, -0.15) is 0 Å². The Balaban J connectivity index is 2.51. The summed E-state index contributed by atoms with van der Waals surface area (Å²) in [5.41, 5.74) is 3.82. The Morgan fingerprint density at radius 2 is 2.06 bits per heavy atom. The van der Waals surface area contributed by atoms with E-state index in [-0.39, 0.29) is 5.41 Å². The van der Waals surface area contributed by atoms with Crippen LogP contribution in [0.5, 0.6) is 0 Å². The molecule has 2 heteroatoms. The Bertz CT molecular complexity index is 511. The highest BCUT2D eigenvalue weighted by Crippen LogP contribution is 2.31. The first-order valence-corrected chi connectivity index (χ1v) is 6.23. The molecule has 2 rings (SSSR count). The molecule has 1 N–H and O–H groups in total. The maximum atomic E-state index is 5.56. The Hall–Kier alpha value is -1.28. The van der Waals surface area contributed by atoms with E-state index in [0.29, 0.717) is 0 Å². The molecule has 1 aromatic carbocycles. The number of fused-ring (bicyclic) bond motifs is 1. The summed E-state index contributed by atoms with van der Waals surface area (Å²) in [7, 11) is 1.96. The van der Waals surface area contributed by atoms with E-state index in [4.69, 9.17) is 4.42 Å². The van der Waals surface area contributed by atoms with Crippen LogP contribution in [0.15, 0.2) is 28.9 Å². The fourth-order valence-corrected chi connectivity index (χ4v) is 2.03. The van der Waals surface area contributed by atoms with Crippen LogP contribution in [0.4, 0.5) is 0 Å². The van der Waals surface area contributed by atoms with Crippen molar-refractivity contribution in [3.05, 3.63) is 35.6 Å². The normalized spacial score (nSPS) is 12.2. The van der Waals surface area contributed by atoms with Crippen LogP contribution >= 0.6 is 0 Å². The van der Waals surface area contributed by atoms with E-state index in [1.807, 2.05) is 13.3 Å². The van der Waals surface area contributed by atoms with Crippen molar-refractivity contribution in [1.82, 2.24) is 5.32 Å². The maximum Gasteiger partial charge on any atom is 0.134 e. The van der Waals surface area contributed by atoms with Crippen molar-refractivity contribution < 1.29 is 4.42 Å². The second-order valence-corrected chi connectivity index (χ2v) is 5.24. The first-order chi connectivity index (χ1) is 8.08. The van der Waals surface area contributed by atoms with E-state index in [9.17, 15) is 0 Å². The summed E-state index contributed by atoms with van der Waals surface area (Å²) in [6.45, 7) is 7.65. The zero-order valence-electron chi connectivity index (χ0n) is 11.1. The summed E-state index contributed by atoms with van der Waals surface area (Å²) in [5.74, 6) is 0. The Kier molecular flexibility index (Phi) is 3.25. The van der Waals surface area contributed by atoms with Crippen molar-refractivity contribution >= 4 is 11.0 Å². The zero-order valence-corrected chi connectivity index (χ0v) is 11.1. The first kappa shape index (κ1) is 12.2. The van der Waals surface area contributed by atoms with Crippen LogP contribution in [0.3, 0.4) is 0 Å². The molecule has 0 atom stereocenters. The largest absolute Gasteiger partial charge is 0.464 e. The first-order valence-electron chi connectivity index (χ1n) is 6.23. The highest BCUT2D eigenvalue weighted by atomic mass is 16.3. The lowest BCUT2D eigenvalue weighted by atomic mass is 9.82. The molecule has 0 fully saturated rings. The summed E-state index contributed by atoms with van der Waals surface area (Å²) in [6.07, 6.45) is 2.99. The predicted molar refractivity (Wildman–Crippen MR) is 72.3 cm³/mol. The van der Waals surface area contributed by atoms with Gasteiger partial charge in [0.05, 0.1) is 6.26 Å². The van der Waals surface area contributed by atoms with Crippen LogP contribution in [0.25, 0.3) is 11.0 Å². The molecule has 0 radical (unpaired) electrons. The molecule has 1 heterocycles. The van der Waals surface area contributed by atoms with Crippen molar-refractivity contribution in [3.63, 3.8) is 0 Å². The number of benzene rings is 1. The van der Waals surface area contributed by atoms with Crippen molar-refractivity contribution in [1.29, 1.82) is 0 Å². The monoisotopic (exact) mass is 231 g/mol. The lowest BCUT2D eigenvalue weighted by Crippen LogP contribution is -2.15. The highest BCUT2D eigenvalue weighted by molar-refractivity contribution is 5.82. The fourth-order valence-electron chi connectivity index (χ4n) is 2.03. The second kappa shape index (κ2) is 4.53. The quantitative estimate of drug-likeness (QED) is 0.864. The standard InChI is InChI=1S/C15H21NO/c1-5-15(2,3)12-6-7-14-13(8-12)11(9-16-4)10-17-14/h6-8,10,16H,5,9H2,1-4H3. The third-order valence-electron chi connectivity index (χ3n) is 3.69. The molecule has 2 aromatic rings. The maximum absolute atomic E-state index is 5.56. The molecule has 0 bridgehead atoms. The summed E-state index contributed by atoms with van der Waals surface area (Å²) in [6, 6.07) is 6.54. The predicted octanol–water partition coefficient (Wildman–Crippen LogP) is 3.84. The van der Waals surface area contributed by atoms with Gasteiger partial charge in [-0.15, -0.1) is 0 Å². The van der Waals surface area contributed by atoms with Crippen LogP contribution in [0.1, 0.15) is 38.3 Å². The van der Waals surface area contributed by atoms with Gasteiger partial charge in [-0.05, 0) is 36.6 Å². The van der Waals surface area contributed by atoms with Gasteiger partial charge < -0.3 is 9.73 Å². The lowest BCUT2D eigenvalue weighted by molar-refractivity contribution is 0.506.